The lowest BCUT2D eigenvalue weighted by molar-refractivity contribution is 0.0706. The molecular weight excluding hydrogens is 266 g/mol. The van der Waals surface area contributed by atoms with Crippen molar-refractivity contribution in [3.63, 3.8) is 0 Å². The van der Waals surface area contributed by atoms with Crippen LogP contribution in [0.4, 0.5) is 0 Å². The molecule has 0 aromatic heterocycles. The number of ether oxygens (including phenoxy) is 3. The molecule has 1 rings (SSSR count). The number of hydrogen-bond donors (Lipinski definition) is 1. The molecule has 0 heterocycles. The van der Waals surface area contributed by atoms with Crippen LogP contribution in [-0.4, -0.2) is 33.0 Å². The number of benzene rings is 1. The summed E-state index contributed by atoms with van der Waals surface area (Å²) >= 11 is 6.24. The van der Waals surface area contributed by atoms with E-state index in [9.17, 15) is 0 Å². The third kappa shape index (κ3) is 4.90. The zero-order chi connectivity index (χ0) is 14.4. The number of nitrogens with two attached hydrogens (primary N) is 1. The van der Waals surface area contributed by atoms with Gasteiger partial charge in [-0.2, -0.15) is 0 Å². The Morgan fingerprint density at radius 1 is 1.26 bits per heavy atom. The first-order valence-corrected chi connectivity index (χ1v) is 6.63. The summed E-state index contributed by atoms with van der Waals surface area (Å²) in [7, 11) is 3.23. The Morgan fingerprint density at radius 2 is 1.95 bits per heavy atom. The summed E-state index contributed by atoms with van der Waals surface area (Å²) in [4.78, 5) is 0. The van der Waals surface area contributed by atoms with Crippen LogP contribution in [0.25, 0.3) is 0 Å². The smallest absolute Gasteiger partial charge is 0.179 e. The lowest BCUT2D eigenvalue weighted by Gasteiger charge is -2.17. The SMILES string of the molecule is COc1cc(CC(C)N)cc(Cl)c1OCC(C)OC. The molecule has 2 N–H and O–H groups in total. The first-order valence-electron chi connectivity index (χ1n) is 6.25. The van der Waals surface area contributed by atoms with Gasteiger partial charge in [-0.15, -0.1) is 0 Å². The molecule has 0 fully saturated rings. The van der Waals surface area contributed by atoms with Crippen molar-refractivity contribution in [2.75, 3.05) is 20.8 Å². The minimum atomic E-state index is -0.00971. The molecule has 0 amide bonds. The number of rotatable bonds is 7. The van der Waals surface area contributed by atoms with E-state index in [2.05, 4.69) is 0 Å². The highest BCUT2D eigenvalue weighted by Gasteiger charge is 2.14. The number of hydrogen-bond acceptors (Lipinski definition) is 4. The fraction of sp³-hybridized carbons (Fsp3) is 0.571. The molecule has 2 unspecified atom stereocenters. The Balaban J connectivity index is 2.91. The van der Waals surface area contributed by atoms with Gasteiger partial charge >= 0.3 is 0 Å². The minimum absolute atomic E-state index is 0.00971. The summed E-state index contributed by atoms with van der Waals surface area (Å²) in [5, 5.41) is 0.526. The summed E-state index contributed by atoms with van der Waals surface area (Å²) in [5.41, 5.74) is 6.82. The van der Waals surface area contributed by atoms with Crippen LogP contribution in [-0.2, 0) is 11.2 Å². The van der Waals surface area contributed by atoms with Gasteiger partial charge in [0.25, 0.3) is 0 Å². The van der Waals surface area contributed by atoms with E-state index in [4.69, 9.17) is 31.5 Å². The van der Waals surface area contributed by atoms with Crippen LogP contribution < -0.4 is 15.2 Å². The van der Waals surface area contributed by atoms with Gasteiger partial charge in [-0.05, 0) is 38.0 Å². The van der Waals surface area contributed by atoms with E-state index >= 15 is 0 Å². The molecule has 5 heteroatoms. The first-order chi connectivity index (χ1) is 8.97. The second-order valence-electron chi connectivity index (χ2n) is 4.65. The summed E-state index contributed by atoms with van der Waals surface area (Å²) in [5.74, 6) is 1.16. The van der Waals surface area contributed by atoms with Crippen molar-refractivity contribution < 1.29 is 14.2 Å². The Bertz CT molecular complexity index is 410. The second kappa shape index (κ2) is 7.58. The monoisotopic (exact) mass is 287 g/mol. The summed E-state index contributed by atoms with van der Waals surface area (Å²) in [6.07, 6.45) is 0.731. The Hall–Kier alpha value is -0.970. The van der Waals surface area contributed by atoms with Gasteiger partial charge in [-0.1, -0.05) is 11.6 Å². The van der Waals surface area contributed by atoms with Crippen LogP contribution in [0.2, 0.25) is 5.02 Å². The molecule has 0 radical (unpaired) electrons. The lowest BCUT2D eigenvalue weighted by Crippen LogP contribution is -2.18. The zero-order valence-corrected chi connectivity index (χ0v) is 12.7. The van der Waals surface area contributed by atoms with Crippen molar-refractivity contribution in [3.05, 3.63) is 22.7 Å². The van der Waals surface area contributed by atoms with Gasteiger partial charge < -0.3 is 19.9 Å². The van der Waals surface area contributed by atoms with Crippen molar-refractivity contribution >= 4 is 11.6 Å². The topological polar surface area (TPSA) is 53.7 Å². The number of methoxy groups -OCH3 is 2. The Morgan fingerprint density at radius 3 is 2.47 bits per heavy atom. The van der Waals surface area contributed by atoms with Crippen LogP contribution in [0.3, 0.4) is 0 Å². The molecule has 0 saturated heterocycles. The van der Waals surface area contributed by atoms with E-state index in [1.165, 1.54) is 0 Å². The van der Waals surface area contributed by atoms with Crippen LogP contribution >= 0.6 is 11.6 Å². The molecule has 4 nitrogen and oxygen atoms in total. The molecule has 2 atom stereocenters. The van der Waals surface area contributed by atoms with E-state index in [1.807, 2.05) is 26.0 Å². The summed E-state index contributed by atoms with van der Waals surface area (Å²) in [6.45, 7) is 4.29. The van der Waals surface area contributed by atoms with E-state index in [1.54, 1.807) is 14.2 Å². The molecule has 108 valence electrons. The normalized spacial score (nSPS) is 14.0. The Kier molecular flexibility index (Phi) is 6.42. The van der Waals surface area contributed by atoms with Crippen molar-refractivity contribution in [2.45, 2.75) is 32.4 Å². The molecule has 19 heavy (non-hydrogen) atoms. The van der Waals surface area contributed by atoms with Crippen LogP contribution in [0.5, 0.6) is 11.5 Å². The highest BCUT2D eigenvalue weighted by Crippen LogP contribution is 2.36. The molecule has 1 aromatic carbocycles. The van der Waals surface area contributed by atoms with Gasteiger partial charge in [0.2, 0.25) is 0 Å². The van der Waals surface area contributed by atoms with Crippen molar-refractivity contribution in [1.82, 2.24) is 0 Å². The number of halogens is 1. The third-order valence-corrected chi connectivity index (χ3v) is 2.99. The van der Waals surface area contributed by atoms with Crippen molar-refractivity contribution in [3.8, 4) is 11.5 Å². The minimum Gasteiger partial charge on any atom is -0.493 e. The van der Waals surface area contributed by atoms with E-state index < -0.39 is 0 Å². The molecule has 0 aliphatic carbocycles. The van der Waals surface area contributed by atoms with Crippen molar-refractivity contribution in [1.29, 1.82) is 0 Å². The van der Waals surface area contributed by atoms with E-state index in [0.717, 1.165) is 12.0 Å². The molecular formula is C14H22ClNO3. The van der Waals surface area contributed by atoms with Gasteiger partial charge in [-0.3, -0.25) is 0 Å². The van der Waals surface area contributed by atoms with Crippen LogP contribution in [0.15, 0.2) is 12.1 Å². The molecule has 0 spiro atoms. The standard InChI is InChI=1S/C14H22ClNO3/c1-9(16)5-11-6-12(15)14(13(7-11)18-4)19-8-10(2)17-3/h6-7,9-10H,5,8,16H2,1-4H3. The van der Waals surface area contributed by atoms with Gasteiger partial charge in [-0.25, -0.2) is 0 Å². The van der Waals surface area contributed by atoms with Crippen LogP contribution in [0.1, 0.15) is 19.4 Å². The maximum Gasteiger partial charge on any atom is 0.179 e. The molecule has 0 aliphatic rings. The quantitative estimate of drug-likeness (QED) is 0.838. The average Bonchev–Trinajstić information content (AvgIpc) is 2.35. The summed E-state index contributed by atoms with van der Waals surface area (Å²) in [6, 6.07) is 3.84. The van der Waals surface area contributed by atoms with Crippen molar-refractivity contribution in [2.24, 2.45) is 5.73 Å². The van der Waals surface area contributed by atoms with E-state index in [0.29, 0.717) is 23.1 Å². The van der Waals surface area contributed by atoms with Gasteiger partial charge in [0.05, 0.1) is 18.2 Å². The average molecular weight is 288 g/mol. The predicted octanol–water partition coefficient (Wildman–Crippen LogP) is 2.65. The third-order valence-electron chi connectivity index (χ3n) is 2.71. The first kappa shape index (κ1) is 16.1. The predicted molar refractivity (Wildman–Crippen MR) is 77.3 cm³/mol. The Labute approximate surface area is 119 Å². The highest BCUT2D eigenvalue weighted by atomic mass is 35.5. The highest BCUT2D eigenvalue weighted by molar-refractivity contribution is 6.32. The van der Waals surface area contributed by atoms with Gasteiger partial charge in [0.1, 0.15) is 6.61 Å². The zero-order valence-electron chi connectivity index (χ0n) is 11.9. The van der Waals surface area contributed by atoms with Gasteiger partial charge in [0, 0.05) is 13.2 Å². The van der Waals surface area contributed by atoms with Gasteiger partial charge in [0.15, 0.2) is 11.5 Å². The maximum atomic E-state index is 6.24. The molecule has 1 aromatic rings. The fourth-order valence-corrected chi connectivity index (χ4v) is 1.96. The second-order valence-corrected chi connectivity index (χ2v) is 5.05. The molecule has 0 bridgehead atoms. The van der Waals surface area contributed by atoms with E-state index in [-0.39, 0.29) is 12.1 Å². The lowest BCUT2D eigenvalue weighted by atomic mass is 10.1. The fourth-order valence-electron chi connectivity index (χ4n) is 1.67. The maximum absolute atomic E-state index is 6.24. The molecule has 0 saturated carbocycles. The molecule has 0 aliphatic heterocycles. The summed E-state index contributed by atoms with van der Waals surface area (Å²) < 4.78 is 16.1. The van der Waals surface area contributed by atoms with Crippen LogP contribution in [0, 0.1) is 0 Å². The largest absolute Gasteiger partial charge is 0.493 e.